The summed E-state index contributed by atoms with van der Waals surface area (Å²) in [5.41, 5.74) is 3.15. The van der Waals surface area contributed by atoms with Gasteiger partial charge in [-0.15, -0.1) is 0 Å². The smallest absolute Gasteiger partial charge is 0.235 e. The van der Waals surface area contributed by atoms with E-state index in [1.807, 2.05) is 36.5 Å². The number of fused-ring (bicyclic) bond motifs is 2. The second kappa shape index (κ2) is 6.79. The fourth-order valence-electron chi connectivity index (χ4n) is 5.81. The summed E-state index contributed by atoms with van der Waals surface area (Å²) in [5.74, 6) is 2.05. The maximum Gasteiger partial charge on any atom is 0.235 e. The number of nitrogens with zero attached hydrogens (tertiary/aromatic N) is 4. The Kier molecular flexibility index (Phi) is 4.04. The van der Waals surface area contributed by atoms with Gasteiger partial charge in [0.1, 0.15) is 0 Å². The molecule has 7 heteroatoms. The SMILES string of the molecule is O=C(C1CCc2cn[nH]c2C1)N1C[C@@H]2CCC[C@]2(c2nc(-c3ccccc3)no2)C1. The molecule has 1 N–H and O–H groups in total. The highest BCUT2D eigenvalue weighted by molar-refractivity contribution is 5.80. The highest BCUT2D eigenvalue weighted by Crippen LogP contribution is 2.50. The van der Waals surface area contributed by atoms with E-state index < -0.39 is 0 Å². The number of H-pyrrole nitrogens is 1. The van der Waals surface area contributed by atoms with Crippen LogP contribution in [0.5, 0.6) is 0 Å². The molecule has 1 saturated heterocycles. The Morgan fingerprint density at radius 3 is 3.03 bits per heavy atom. The highest BCUT2D eigenvalue weighted by Gasteiger charge is 2.55. The molecule has 2 aliphatic carbocycles. The van der Waals surface area contributed by atoms with Crippen molar-refractivity contribution >= 4 is 5.91 Å². The van der Waals surface area contributed by atoms with E-state index in [1.165, 1.54) is 5.56 Å². The number of hydrogen-bond acceptors (Lipinski definition) is 5. The van der Waals surface area contributed by atoms with Gasteiger partial charge in [0.05, 0.1) is 11.6 Å². The highest BCUT2D eigenvalue weighted by atomic mass is 16.5. The summed E-state index contributed by atoms with van der Waals surface area (Å²) in [6.07, 6.45) is 7.76. The van der Waals surface area contributed by atoms with Crippen molar-refractivity contribution in [1.82, 2.24) is 25.2 Å². The first-order valence-electron chi connectivity index (χ1n) is 10.9. The normalized spacial score (nSPS) is 27.8. The van der Waals surface area contributed by atoms with Crippen LogP contribution in [-0.2, 0) is 23.1 Å². The Hall–Kier alpha value is -2.96. The monoisotopic (exact) mass is 403 g/mol. The Labute approximate surface area is 174 Å². The predicted octanol–water partition coefficient (Wildman–Crippen LogP) is 3.14. The number of carbonyl (C=O) groups is 1. The summed E-state index contributed by atoms with van der Waals surface area (Å²) in [6.45, 7) is 1.49. The van der Waals surface area contributed by atoms with Gasteiger partial charge in [0.2, 0.25) is 17.6 Å². The number of benzene rings is 1. The van der Waals surface area contributed by atoms with E-state index in [9.17, 15) is 4.79 Å². The number of likely N-dealkylation sites (tertiary alicyclic amines) is 1. The van der Waals surface area contributed by atoms with Gasteiger partial charge in [0, 0.05) is 36.7 Å². The van der Waals surface area contributed by atoms with Crippen LogP contribution in [0.3, 0.4) is 0 Å². The molecule has 1 unspecified atom stereocenters. The number of amides is 1. The molecule has 2 fully saturated rings. The molecule has 0 radical (unpaired) electrons. The van der Waals surface area contributed by atoms with E-state index >= 15 is 0 Å². The van der Waals surface area contributed by atoms with Gasteiger partial charge in [-0.05, 0) is 37.2 Å². The van der Waals surface area contributed by atoms with Crippen molar-refractivity contribution in [2.45, 2.75) is 43.9 Å². The zero-order valence-corrected chi connectivity index (χ0v) is 16.9. The fourth-order valence-corrected chi connectivity index (χ4v) is 5.81. The number of hydrogen-bond donors (Lipinski definition) is 1. The molecule has 6 rings (SSSR count). The lowest BCUT2D eigenvalue weighted by atomic mass is 9.80. The molecule has 154 valence electrons. The zero-order chi connectivity index (χ0) is 20.1. The molecule has 3 aliphatic rings. The molecule has 1 amide bonds. The Balaban J connectivity index is 1.24. The predicted molar refractivity (Wildman–Crippen MR) is 109 cm³/mol. The van der Waals surface area contributed by atoms with Crippen molar-refractivity contribution in [3.63, 3.8) is 0 Å². The largest absolute Gasteiger partial charge is 0.341 e. The third kappa shape index (κ3) is 2.71. The summed E-state index contributed by atoms with van der Waals surface area (Å²) in [5, 5.41) is 11.5. The lowest BCUT2D eigenvalue weighted by Crippen LogP contribution is -2.39. The van der Waals surface area contributed by atoms with Gasteiger partial charge >= 0.3 is 0 Å². The van der Waals surface area contributed by atoms with Gasteiger partial charge in [-0.3, -0.25) is 9.89 Å². The Morgan fingerprint density at radius 2 is 2.13 bits per heavy atom. The van der Waals surface area contributed by atoms with E-state index in [0.29, 0.717) is 24.2 Å². The van der Waals surface area contributed by atoms with E-state index in [2.05, 4.69) is 20.3 Å². The lowest BCUT2D eigenvalue weighted by Gasteiger charge is -2.28. The summed E-state index contributed by atoms with van der Waals surface area (Å²) >= 11 is 0. The second-order valence-electron chi connectivity index (χ2n) is 9.07. The van der Waals surface area contributed by atoms with Crippen molar-refractivity contribution in [2.75, 3.05) is 13.1 Å². The van der Waals surface area contributed by atoms with Crippen molar-refractivity contribution in [1.29, 1.82) is 0 Å². The van der Waals surface area contributed by atoms with Crippen LogP contribution >= 0.6 is 0 Å². The van der Waals surface area contributed by atoms with Gasteiger partial charge in [-0.1, -0.05) is 41.9 Å². The zero-order valence-electron chi connectivity index (χ0n) is 16.9. The average Bonchev–Trinajstić information content (AvgIpc) is 3.55. The summed E-state index contributed by atoms with van der Waals surface area (Å²) in [6, 6.07) is 9.93. The second-order valence-corrected chi connectivity index (χ2v) is 9.07. The quantitative estimate of drug-likeness (QED) is 0.726. The van der Waals surface area contributed by atoms with Crippen LogP contribution in [-0.4, -0.2) is 44.2 Å². The average molecular weight is 403 g/mol. The molecule has 1 aliphatic heterocycles. The van der Waals surface area contributed by atoms with Crippen LogP contribution in [0.4, 0.5) is 0 Å². The number of rotatable bonds is 3. The van der Waals surface area contributed by atoms with E-state index in [1.54, 1.807) is 0 Å². The van der Waals surface area contributed by atoms with Crippen LogP contribution in [0.1, 0.15) is 42.8 Å². The number of carbonyl (C=O) groups excluding carboxylic acids is 1. The minimum atomic E-state index is -0.191. The molecule has 1 saturated carbocycles. The Bertz CT molecular complexity index is 1070. The molecule has 3 heterocycles. The molecule has 2 aromatic heterocycles. The number of nitrogens with one attached hydrogen (secondary N) is 1. The topological polar surface area (TPSA) is 87.9 Å². The van der Waals surface area contributed by atoms with Gasteiger partial charge in [0.15, 0.2) is 0 Å². The maximum absolute atomic E-state index is 13.4. The van der Waals surface area contributed by atoms with Crippen LogP contribution in [0.25, 0.3) is 11.4 Å². The van der Waals surface area contributed by atoms with Crippen molar-refractivity contribution in [3.05, 3.63) is 53.7 Å². The summed E-state index contributed by atoms with van der Waals surface area (Å²) in [4.78, 5) is 20.3. The van der Waals surface area contributed by atoms with Crippen molar-refractivity contribution < 1.29 is 9.32 Å². The summed E-state index contributed by atoms with van der Waals surface area (Å²) in [7, 11) is 0. The number of aryl methyl sites for hydroxylation is 1. The van der Waals surface area contributed by atoms with Gasteiger partial charge in [-0.25, -0.2) is 0 Å². The van der Waals surface area contributed by atoms with Crippen LogP contribution < -0.4 is 0 Å². The van der Waals surface area contributed by atoms with Crippen molar-refractivity contribution in [2.24, 2.45) is 11.8 Å². The molecular weight excluding hydrogens is 378 g/mol. The third-order valence-electron chi connectivity index (χ3n) is 7.44. The molecule has 7 nitrogen and oxygen atoms in total. The molecule has 3 atom stereocenters. The first-order valence-corrected chi connectivity index (χ1v) is 10.9. The Morgan fingerprint density at radius 1 is 1.23 bits per heavy atom. The molecular formula is C23H25N5O2. The van der Waals surface area contributed by atoms with Crippen LogP contribution in [0, 0.1) is 11.8 Å². The molecule has 1 aromatic carbocycles. The molecule has 30 heavy (non-hydrogen) atoms. The summed E-state index contributed by atoms with van der Waals surface area (Å²) < 4.78 is 5.80. The number of aromatic amines is 1. The molecule has 0 bridgehead atoms. The van der Waals surface area contributed by atoms with E-state index in [4.69, 9.17) is 9.51 Å². The van der Waals surface area contributed by atoms with E-state index in [-0.39, 0.29) is 17.2 Å². The first kappa shape index (κ1) is 17.9. The third-order valence-corrected chi connectivity index (χ3v) is 7.44. The first-order chi connectivity index (χ1) is 14.7. The molecule has 3 aromatic rings. The minimum absolute atomic E-state index is 0.0383. The van der Waals surface area contributed by atoms with Gasteiger partial charge in [0.25, 0.3) is 0 Å². The van der Waals surface area contributed by atoms with Crippen LogP contribution in [0.15, 0.2) is 41.1 Å². The molecule has 0 spiro atoms. The standard InChI is InChI=1S/C23H25N5O2/c29-21(16-8-9-17-12-24-26-19(17)11-16)28-13-18-7-4-10-23(18,14-28)22-25-20(27-30-22)15-5-2-1-3-6-15/h1-3,5-6,12,16,18H,4,7-11,13-14H2,(H,24,26)/t16?,18-,23-/m0/s1. The minimum Gasteiger partial charge on any atom is -0.341 e. The number of aromatic nitrogens is 4. The fraction of sp³-hybridized carbons (Fsp3) is 0.478. The van der Waals surface area contributed by atoms with Gasteiger partial charge in [-0.2, -0.15) is 10.1 Å². The van der Waals surface area contributed by atoms with E-state index in [0.717, 1.165) is 56.3 Å². The lowest BCUT2D eigenvalue weighted by molar-refractivity contribution is -0.135. The maximum atomic E-state index is 13.4. The van der Waals surface area contributed by atoms with Crippen molar-refractivity contribution in [3.8, 4) is 11.4 Å². The van der Waals surface area contributed by atoms with Gasteiger partial charge < -0.3 is 9.42 Å². The van der Waals surface area contributed by atoms with Crippen LogP contribution in [0.2, 0.25) is 0 Å².